The summed E-state index contributed by atoms with van der Waals surface area (Å²) in [7, 11) is 0. The highest BCUT2D eigenvalue weighted by Gasteiger charge is 2.05. The average Bonchev–Trinajstić information content (AvgIpc) is 2.97. The smallest absolute Gasteiger partial charge is 0.0164 e. The van der Waals surface area contributed by atoms with Crippen molar-refractivity contribution in [2.24, 2.45) is 0 Å². The minimum absolute atomic E-state index is 0.548. The van der Waals surface area contributed by atoms with E-state index in [2.05, 4.69) is 43.6 Å². The summed E-state index contributed by atoms with van der Waals surface area (Å²) in [5.41, 5.74) is 0. The van der Waals surface area contributed by atoms with E-state index in [1.807, 2.05) is 0 Å². The monoisotopic (exact) mass is 580 g/mol. The summed E-state index contributed by atoms with van der Waals surface area (Å²) < 4.78 is 0. The first kappa shape index (κ1) is 40.9. The number of hydrogen-bond donors (Lipinski definition) is 3. The Labute approximate surface area is 261 Å². The Morgan fingerprint density at radius 3 is 0.976 bits per heavy atom. The van der Waals surface area contributed by atoms with Crippen LogP contribution < -0.4 is 16.0 Å². The molecule has 0 fully saturated rings. The fraction of sp³-hybridized carbons (Fsp3) is 1.00. The lowest BCUT2D eigenvalue weighted by Gasteiger charge is -2.19. The molecule has 0 radical (unpaired) electrons. The van der Waals surface area contributed by atoms with E-state index in [0.29, 0.717) is 12.1 Å². The predicted molar refractivity (Wildman–Crippen MR) is 188 cm³/mol. The summed E-state index contributed by atoms with van der Waals surface area (Å²) >= 11 is 0. The summed E-state index contributed by atoms with van der Waals surface area (Å²) in [6.07, 6.45) is 40.2. The van der Waals surface area contributed by atoms with Gasteiger partial charge in [0, 0.05) is 25.2 Å². The van der Waals surface area contributed by atoms with Crippen LogP contribution in [0.3, 0.4) is 0 Å². The first-order valence-corrected chi connectivity index (χ1v) is 19.4. The molecule has 0 aliphatic heterocycles. The molecule has 0 saturated heterocycles. The summed E-state index contributed by atoms with van der Waals surface area (Å²) in [4.78, 5) is 0. The molecule has 0 aliphatic carbocycles. The third-order valence-electron chi connectivity index (χ3n) is 8.95. The standard InChI is InChI=1S/C38H81N3/c1-5-7-9-11-13-15-17-19-21-23-25-27-29-31-33-39-35-37(3)41-36-38(4)40-34-32-30-28-26-24-22-20-18-16-14-12-10-8-6-2/h37-41H,5-36H2,1-4H3. The molecular weight excluding hydrogens is 498 g/mol. The lowest BCUT2D eigenvalue weighted by Crippen LogP contribution is -2.43. The van der Waals surface area contributed by atoms with Crippen molar-refractivity contribution in [2.45, 2.75) is 220 Å². The van der Waals surface area contributed by atoms with Crippen molar-refractivity contribution >= 4 is 0 Å². The maximum Gasteiger partial charge on any atom is 0.0164 e. The Balaban J connectivity index is 3.25. The van der Waals surface area contributed by atoms with Gasteiger partial charge < -0.3 is 16.0 Å². The molecule has 2 atom stereocenters. The van der Waals surface area contributed by atoms with Gasteiger partial charge in [-0.2, -0.15) is 0 Å². The zero-order valence-electron chi connectivity index (χ0n) is 29.3. The second kappa shape index (κ2) is 36.1. The van der Waals surface area contributed by atoms with Crippen molar-refractivity contribution in [3.63, 3.8) is 0 Å². The van der Waals surface area contributed by atoms with Crippen LogP contribution in [0.2, 0.25) is 0 Å². The summed E-state index contributed by atoms with van der Waals surface area (Å²) in [5, 5.41) is 11.1. The van der Waals surface area contributed by atoms with Gasteiger partial charge in [-0.1, -0.05) is 181 Å². The highest BCUT2D eigenvalue weighted by atomic mass is 15.0. The molecule has 0 bridgehead atoms. The van der Waals surface area contributed by atoms with Crippen molar-refractivity contribution in [3.8, 4) is 0 Å². The molecular formula is C38H81N3. The Morgan fingerprint density at radius 2 is 0.610 bits per heavy atom. The van der Waals surface area contributed by atoms with E-state index in [1.165, 1.54) is 193 Å². The maximum atomic E-state index is 3.72. The number of nitrogens with one attached hydrogen (secondary N) is 3. The van der Waals surface area contributed by atoms with Gasteiger partial charge in [0.05, 0.1) is 0 Å². The summed E-state index contributed by atoms with van der Waals surface area (Å²) in [6, 6.07) is 1.11. The molecule has 248 valence electrons. The Morgan fingerprint density at radius 1 is 0.317 bits per heavy atom. The zero-order chi connectivity index (χ0) is 29.9. The second-order valence-electron chi connectivity index (χ2n) is 13.6. The van der Waals surface area contributed by atoms with Gasteiger partial charge in [-0.3, -0.25) is 0 Å². The topological polar surface area (TPSA) is 36.1 Å². The van der Waals surface area contributed by atoms with Crippen LogP contribution in [0.5, 0.6) is 0 Å². The van der Waals surface area contributed by atoms with E-state index in [-0.39, 0.29) is 0 Å². The molecule has 0 aromatic carbocycles. The molecule has 0 aliphatic rings. The molecule has 3 N–H and O–H groups in total. The van der Waals surface area contributed by atoms with Crippen molar-refractivity contribution in [1.82, 2.24) is 16.0 Å². The molecule has 3 heteroatoms. The lowest BCUT2D eigenvalue weighted by atomic mass is 10.0. The largest absolute Gasteiger partial charge is 0.315 e. The van der Waals surface area contributed by atoms with Gasteiger partial charge in [0.15, 0.2) is 0 Å². The van der Waals surface area contributed by atoms with Crippen LogP contribution in [-0.4, -0.2) is 38.3 Å². The second-order valence-corrected chi connectivity index (χ2v) is 13.6. The zero-order valence-corrected chi connectivity index (χ0v) is 29.3. The fourth-order valence-electron chi connectivity index (χ4n) is 5.95. The predicted octanol–water partition coefficient (Wildman–Crippen LogP) is 11.5. The average molecular weight is 580 g/mol. The van der Waals surface area contributed by atoms with Gasteiger partial charge in [0.25, 0.3) is 0 Å². The molecule has 0 rings (SSSR count). The van der Waals surface area contributed by atoms with Gasteiger partial charge in [0.2, 0.25) is 0 Å². The van der Waals surface area contributed by atoms with E-state index in [1.54, 1.807) is 0 Å². The van der Waals surface area contributed by atoms with Gasteiger partial charge in [-0.25, -0.2) is 0 Å². The fourth-order valence-corrected chi connectivity index (χ4v) is 5.95. The van der Waals surface area contributed by atoms with Crippen LogP contribution in [0.1, 0.15) is 207 Å². The summed E-state index contributed by atoms with van der Waals surface area (Å²) in [6.45, 7) is 13.8. The highest BCUT2D eigenvalue weighted by molar-refractivity contribution is 4.70. The van der Waals surface area contributed by atoms with E-state index in [4.69, 9.17) is 0 Å². The molecule has 2 unspecified atom stereocenters. The third-order valence-corrected chi connectivity index (χ3v) is 8.95. The van der Waals surface area contributed by atoms with Gasteiger partial charge in [0.1, 0.15) is 0 Å². The van der Waals surface area contributed by atoms with Crippen molar-refractivity contribution < 1.29 is 0 Å². The van der Waals surface area contributed by atoms with E-state index >= 15 is 0 Å². The van der Waals surface area contributed by atoms with E-state index in [9.17, 15) is 0 Å². The van der Waals surface area contributed by atoms with Gasteiger partial charge in [-0.05, 0) is 39.8 Å². The maximum absolute atomic E-state index is 3.72. The Kier molecular flexibility index (Phi) is 36.0. The molecule has 0 aromatic rings. The van der Waals surface area contributed by atoms with Crippen LogP contribution in [0.15, 0.2) is 0 Å². The van der Waals surface area contributed by atoms with Crippen molar-refractivity contribution in [2.75, 3.05) is 26.2 Å². The van der Waals surface area contributed by atoms with Crippen LogP contribution in [0.4, 0.5) is 0 Å². The minimum atomic E-state index is 0.548. The number of rotatable bonds is 36. The Bertz CT molecular complexity index is 455. The first-order chi connectivity index (χ1) is 20.2. The van der Waals surface area contributed by atoms with E-state index < -0.39 is 0 Å². The quantitative estimate of drug-likeness (QED) is 0.0646. The SMILES string of the molecule is CCCCCCCCCCCCCCCCNCC(C)NCC(C)NCCCCCCCCCCCCCCCC. The lowest BCUT2D eigenvalue weighted by molar-refractivity contribution is 0.436. The van der Waals surface area contributed by atoms with Crippen molar-refractivity contribution in [3.05, 3.63) is 0 Å². The number of unbranched alkanes of at least 4 members (excludes halogenated alkanes) is 26. The molecule has 3 nitrogen and oxygen atoms in total. The molecule has 0 heterocycles. The minimum Gasteiger partial charge on any atom is -0.315 e. The molecule has 0 saturated carbocycles. The van der Waals surface area contributed by atoms with Crippen LogP contribution in [0.25, 0.3) is 0 Å². The molecule has 41 heavy (non-hydrogen) atoms. The normalized spacial score (nSPS) is 13.2. The van der Waals surface area contributed by atoms with Gasteiger partial charge in [-0.15, -0.1) is 0 Å². The highest BCUT2D eigenvalue weighted by Crippen LogP contribution is 2.14. The third kappa shape index (κ3) is 36.0. The summed E-state index contributed by atoms with van der Waals surface area (Å²) in [5.74, 6) is 0. The molecule has 0 aromatic heterocycles. The van der Waals surface area contributed by atoms with E-state index in [0.717, 1.165) is 13.1 Å². The van der Waals surface area contributed by atoms with Crippen molar-refractivity contribution in [1.29, 1.82) is 0 Å². The molecule has 0 amide bonds. The molecule has 0 spiro atoms. The number of hydrogen-bond acceptors (Lipinski definition) is 3. The van der Waals surface area contributed by atoms with Crippen LogP contribution in [0, 0.1) is 0 Å². The van der Waals surface area contributed by atoms with Gasteiger partial charge >= 0.3 is 0 Å². The first-order valence-electron chi connectivity index (χ1n) is 19.4. The van der Waals surface area contributed by atoms with Crippen LogP contribution >= 0.6 is 0 Å². The van der Waals surface area contributed by atoms with Crippen LogP contribution in [-0.2, 0) is 0 Å². The Hall–Kier alpha value is -0.120.